The number of alkyl halides is 1. The third-order valence-electron chi connectivity index (χ3n) is 3.91. The normalized spacial score (nSPS) is 10.3. The van der Waals surface area contributed by atoms with Crippen LogP contribution in [-0.4, -0.2) is 22.5 Å². The van der Waals surface area contributed by atoms with Gasteiger partial charge in [0.25, 0.3) is 21.5 Å². The summed E-state index contributed by atoms with van der Waals surface area (Å²) >= 11 is 10.6. The summed E-state index contributed by atoms with van der Waals surface area (Å²) in [5.74, 6) is 1.64. The van der Waals surface area contributed by atoms with E-state index in [1.54, 1.807) is 24.5 Å². The number of aromatic nitrogens is 2. The highest BCUT2D eigenvalue weighted by molar-refractivity contribution is 14.1. The molecule has 0 fully saturated rings. The lowest BCUT2D eigenvalue weighted by molar-refractivity contribution is 0.305. The molecule has 0 unspecified atom stereocenters. The Labute approximate surface area is 194 Å². The van der Waals surface area contributed by atoms with Gasteiger partial charge in [-0.15, -0.1) is 11.6 Å². The highest BCUT2D eigenvalue weighted by atomic mass is 127. The molecule has 0 radical (unpaired) electrons. The van der Waals surface area contributed by atoms with Crippen LogP contribution >= 0.6 is 44.7 Å². The Morgan fingerprint density at radius 2 is 1.83 bits per heavy atom. The molecule has 0 spiro atoms. The van der Waals surface area contributed by atoms with Crippen LogP contribution < -0.4 is 13.0 Å². The Bertz CT molecular complexity index is 1060. The van der Waals surface area contributed by atoms with E-state index in [2.05, 4.69) is 19.6 Å². The molecule has 7 nitrogen and oxygen atoms in total. The molecule has 154 valence electrons. The number of anilines is 1. The molecule has 2 aromatic carbocycles. The Morgan fingerprint density at radius 3 is 2.47 bits per heavy atom. The highest BCUT2D eigenvalue weighted by Crippen LogP contribution is 2.34. The third kappa shape index (κ3) is 5.78. The lowest BCUT2D eigenvalue weighted by atomic mass is 10.0. The van der Waals surface area contributed by atoms with E-state index in [-0.39, 0.29) is 6.61 Å². The van der Waals surface area contributed by atoms with Crippen molar-refractivity contribution < 1.29 is 12.5 Å². The number of hydrogen-bond acceptors (Lipinski definition) is 6. The van der Waals surface area contributed by atoms with E-state index >= 15 is 0 Å². The molecule has 3 rings (SSSR count). The minimum atomic E-state index is -1.35. The molecular weight excluding hydrogens is 542 g/mol. The maximum Gasteiger partial charge on any atom is 0.273 e. The van der Waals surface area contributed by atoms with E-state index < -0.39 is 21.5 Å². The van der Waals surface area contributed by atoms with Gasteiger partial charge in [-0.2, -0.15) is 5.26 Å². The topological polar surface area (TPSA) is 97.1 Å². The first-order chi connectivity index (χ1) is 14.6. The molecule has 1 heterocycles. The van der Waals surface area contributed by atoms with Crippen molar-refractivity contribution in [2.24, 2.45) is 0 Å². The van der Waals surface area contributed by atoms with Crippen LogP contribution in [0.5, 0.6) is 11.5 Å². The molecular formula is C20H15Cl2IN4O3. The minimum absolute atomic E-state index is 0.269. The summed E-state index contributed by atoms with van der Waals surface area (Å²) in [6, 6.07) is 13.0. The Balaban J connectivity index is 1.70. The fourth-order valence-electron chi connectivity index (χ4n) is 2.55. The van der Waals surface area contributed by atoms with Gasteiger partial charge in [-0.1, -0.05) is 23.7 Å². The molecule has 30 heavy (non-hydrogen) atoms. The lowest BCUT2D eigenvalue weighted by Gasteiger charge is -2.12. The zero-order valence-corrected chi connectivity index (χ0v) is 19.1. The number of hydrogen-bond donors (Lipinski definition) is 1. The van der Waals surface area contributed by atoms with Crippen LogP contribution in [0.25, 0.3) is 11.1 Å². The van der Waals surface area contributed by atoms with Crippen LogP contribution in [0, 0.1) is 11.3 Å². The van der Waals surface area contributed by atoms with Gasteiger partial charge in [-0.25, -0.2) is 13.0 Å². The van der Waals surface area contributed by atoms with Gasteiger partial charge >= 0.3 is 0 Å². The maximum atomic E-state index is 10.6. The third-order valence-corrected chi connectivity index (χ3v) is 5.05. The van der Waals surface area contributed by atoms with E-state index in [9.17, 15) is 8.33 Å². The number of nitriles is 1. The SMILES string of the molecule is N#Cc1cc(-c2ccc(OCc3cnc(NI=O)nc3)cc2)cc(Cl)c1OCCCl. The number of ether oxygens (including phenoxy) is 2. The summed E-state index contributed by atoms with van der Waals surface area (Å²) in [5.41, 5.74) is 2.80. The molecule has 1 aromatic heterocycles. The van der Waals surface area contributed by atoms with Crippen molar-refractivity contribution in [3.63, 3.8) is 0 Å². The van der Waals surface area contributed by atoms with E-state index in [0.29, 0.717) is 40.5 Å². The van der Waals surface area contributed by atoms with Gasteiger partial charge < -0.3 is 9.47 Å². The van der Waals surface area contributed by atoms with Gasteiger partial charge in [0.2, 0.25) is 5.95 Å². The number of rotatable bonds is 9. The van der Waals surface area contributed by atoms with Crippen molar-refractivity contribution in [2.75, 3.05) is 16.0 Å². The summed E-state index contributed by atoms with van der Waals surface area (Å²) in [6.07, 6.45) is 3.23. The number of nitrogens with one attached hydrogen (secondary N) is 1. The summed E-state index contributed by atoms with van der Waals surface area (Å²) in [5, 5.41) is 9.77. The fraction of sp³-hybridized carbons (Fsp3) is 0.150. The summed E-state index contributed by atoms with van der Waals surface area (Å²) < 4.78 is 24.4. The molecule has 0 saturated heterocycles. The van der Waals surface area contributed by atoms with Crippen molar-refractivity contribution in [2.45, 2.75) is 6.61 Å². The zero-order valence-electron chi connectivity index (χ0n) is 15.4. The highest BCUT2D eigenvalue weighted by Gasteiger charge is 2.12. The second kappa shape index (κ2) is 11.1. The zero-order chi connectivity index (χ0) is 21.3. The lowest BCUT2D eigenvalue weighted by Crippen LogP contribution is -2.01. The van der Waals surface area contributed by atoms with Crippen LogP contribution in [-0.2, 0) is 9.68 Å². The maximum absolute atomic E-state index is 10.6. The van der Waals surface area contributed by atoms with Gasteiger partial charge in [0, 0.05) is 18.0 Å². The summed E-state index contributed by atoms with van der Waals surface area (Å²) in [7, 11) is 0. The summed E-state index contributed by atoms with van der Waals surface area (Å²) in [4.78, 5) is 8.11. The van der Waals surface area contributed by atoms with E-state index in [1.165, 1.54) is 0 Å². The van der Waals surface area contributed by atoms with Gasteiger partial charge in [0.05, 0.1) is 16.5 Å². The van der Waals surface area contributed by atoms with Crippen molar-refractivity contribution >= 4 is 50.6 Å². The van der Waals surface area contributed by atoms with E-state index in [1.807, 2.05) is 24.3 Å². The van der Waals surface area contributed by atoms with Crippen LogP contribution in [0.1, 0.15) is 11.1 Å². The molecule has 0 bridgehead atoms. The second-order valence-electron chi connectivity index (χ2n) is 5.88. The average molecular weight is 557 g/mol. The molecule has 3 aromatic rings. The molecule has 1 N–H and O–H groups in total. The smallest absolute Gasteiger partial charge is 0.273 e. The van der Waals surface area contributed by atoms with Gasteiger partial charge in [0.15, 0.2) is 5.75 Å². The first-order valence-electron chi connectivity index (χ1n) is 8.63. The molecule has 0 amide bonds. The Hall–Kier alpha value is -2.48. The van der Waals surface area contributed by atoms with Crippen LogP contribution in [0.2, 0.25) is 5.02 Å². The van der Waals surface area contributed by atoms with Crippen molar-refractivity contribution in [3.8, 4) is 28.7 Å². The fourth-order valence-corrected chi connectivity index (χ4v) is 3.38. The van der Waals surface area contributed by atoms with Crippen LogP contribution in [0.3, 0.4) is 0 Å². The van der Waals surface area contributed by atoms with Crippen LogP contribution in [0.4, 0.5) is 5.95 Å². The molecule has 10 heteroatoms. The quantitative estimate of drug-likeness (QED) is 0.211. The molecule has 0 aliphatic rings. The van der Waals surface area contributed by atoms with Crippen molar-refractivity contribution in [1.29, 1.82) is 5.26 Å². The molecule has 0 aliphatic heterocycles. The van der Waals surface area contributed by atoms with Crippen molar-refractivity contribution in [1.82, 2.24) is 9.97 Å². The number of nitrogens with zero attached hydrogens (tertiary/aromatic N) is 3. The molecule has 0 aliphatic carbocycles. The summed E-state index contributed by atoms with van der Waals surface area (Å²) in [6.45, 7) is 0.564. The standard InChI is InChI=1S/C20H15Cl2IN4O3/c21-5-6-29-19-16(9-24)7-15(8-18(19)22)14-1-3-17(4-2-14)30-12-13-10-25-20(26-11-13)27-23-28/h1-4,7-8,10-11H,5-6,12H2,(H,25,26,27,28). The second-order valence-corrected chi connectivity index (χ2v) is 7.65. The molecule has 0 saturated carbocycles. The Morgan fingerprint density at radius 1 is 1.10 bits per heavy atom. The monoisotopic (exact) mass is 556 g/mol. The predicted molar refractivity (Wildman–Crippen MR) is 123 cm³/mol. The predicted octanol–water partition coefficient (Wildman–Crippen LogP) is 5.51. The van der Waals surface area contributed by atoms with Gasteiger partial charge in [-0.3, -0.25) is 3.53 Å². The largest absolute Gasteiger partial charge is 0.489 e. The van der Waals surface area contributed by atoms with Gasteiger partial charge in [0.1, 0.15) is 25.0 Å². The number of halogens is 3. The van der Waals surface area contributed by atoms with E-state index in [4.69, 9.17) is 32.7 Å². The average Bonchev–Trinajstić information content (AvgIpc) is 2.78. The molecule has 0 atom stereocenters. The van der Waals surface area contributed by atoms with Crippen molar-refractivity contribution in [3.05, 3.63) is 64.9 Å². The minimum Gasteiger partial charge on any atom is -0.489 e. The Kier molecular flexibility index (Phi) is 8.19. The van der Waals surface area contributed by atoms with Gasteiger partial charge in [-0.05, 0) is 35.4 Å². The van der Waals surface area contributed by atoms with Crippen LogP contribution in [0.15, 0.2) is 48.8 Å². The first kappa shape index (κ1) is 22.2. The number of benzene rings is 2. The first-order valence-corrected chi connectivity index (χ1v) is 11.5. The van der Waals surface area contributed by atoms with E-state index in [0.717, 1.165) is 16.7 Å².